The van der Waals surface area contributed by atoms with Crippen molar-refractivity contribution in [2.24, 2.45) is 5.92 Å². The first kappa shape index (κ1) is 15.2. The lowest BCUT2D eigenvalue weighted by Gasteiger charge is -2.48. The molecule has 2 aliphatic rings. The molecule has 2 aliphatic heterocycles. The van der Waals surface area contributed by atoms with Crippen LogP contribution >= 0.6 is 0 Å². The number of hydrogen-bond acceptors (Lipinski definition) is 4. The summed E-state index contributed by atoms with van der Waals surface area (Å²) in [6, 6.07) is 0. The number of rotatable bonds is 3. The topological polar surface area (TPSA) is 41.9 Å². The first-order valence-corrected chi connectivity index (χ1v) is 7.45. The third kappa shape index (κ3) is 3.13. The molecule has 0 saturated carbocycles. The average Bonchev–Trinajstić information content (AvgIpc) is 2.38. The van der Waals surface area contributed by atoms with Crippen LogP contribution in [-0.4, -0.2) is 61.2 Å². The zero-order chi connectivity index (χ0) is 14.1. The van der Waals surface area contributed by atoms with Crippen LogP contribution in [0.25, 0.3) is 0 Å². The lowest BCUT2D eigenvalue weighted by atomic mass is 9.74. The zero-order valence-electron chi connectivity index (χ0n) is 12.8. The van der Waals surface area contributed by atoms with Crippen LogP contribution in [0.15, 0.2) is 0 Å². The van der Waals surface area contributed by atoms with Gasteiger partial charge in [0.05, 0.1) is 11.7 Å². The van der Waals surface area contributed by atoms with E-state index in [0.717, 1.165) is 45.5 Å². The Hall–Kier alpha value is -0.160. The summed E-state index contributed by atoms with van der Waals surface area (Å²) in [5.41, 5.74) is -0.237. The van der Waals surface area contributed by atoms with E-state index in [1.807, 2.05) is 14.1 Å². The summed E-state index contributed by atoms with van der Waals surface area (Å²) in [4.78, 5) is 2.11. The zero-order valence-corrected chi connectivity index (χ0v) is 12.8. The van der Waals surface area contributed by atoms with E-state index in [9.17, 15) is 5.11 Å². The highest BCUT2D eigenvalue weighted by atomic mass is 16.5. The first-order chi connectivity index (χ1) is 8.87. The summed E-state index contributed by atoms with van der Waals surface area (Å²) >= 11 is 0. The van der Waals surface area contributed by atoms with Crippen LogP contribution in [0.2, 0.25) is 0 Å². The minimum Gasteiger partial charge on any atom is -0.391 e. The van der Waals surface area contributed by atoms with Gasteiger partial charge in [-0.05, 0) is 59.5 Å². The number of ether oxygens (including phenoxy) is 2. The smallest absolute Gasteiger partial charge is 0.0748 e. The Morgan fingerprint density at radius 2 is 1.84 bits per heavy atom. The van der Waals surface area contributed by atoms with Crippen LogP contribution < -0.4 is 0 Å². The van der Waals surface area contributed by atoms with Crippen molar-refractivity contribution < 1.29 is 14.6 Å². The van der Waals surface area contributed by atoms with Crippen LogP contribution in [0, 0.1) is 5.92 Å². The molecule has 0 aliphatic carbocycles. The van der Waals surface area contributed by atoms with E-state index in [2.05, 4.69) is 18.7 Å². The molecule has 0 aromatic rings. The highest BCUT2D eigenvalue weighted by Gasteiger charge is 2.44. The van der Waals surface area contributed by atoms with Gasteiger partial charge in [0, 0.05) is 25.4 Å². The summed E-state index contributed by atoms with van der Waals surface area (Å²) < 4.78 is 11.5. The van der Waals surface area contributed by atoms with Gasteiger partial charge in [-0.1, -0.05) is 0 Å². The van der Waals surface area contributed by atoms with Crippen molar-refractivity contribution in [3.63, 3.8) is 0 Å². The molecule has 1 spiro atoms. The Bertz CT molecular complexity index is 292. The van der Waals surface area contributed by atoms with Crippen molar-refractivity contribution in [1.29, 1.82) is 0 Å². The molecule has 2 unspecified atom stereocenters. The van der Waals surface area contributed by atoms with Crippen LogP contribution in [0.5, 0.6) is 0 Å². The molecular weight excluding hydrogens is 242 g/mol. The lowest BCUT2D eigenvalue weighted by molar-refractivity contribution is -0.167. The monoisotopic (exact) mass is 271 g/mol. The molecule has 2 heterocycles. The van der Waals surface area contributed by atoms with Crippen LogP contribution in [0.1, 0.15) is 39.5 Å². The maximum atomic E-state index is 10.8. The van der Waals surface area contributed by atoms with E-state index < -0.39 is 0 Å². The predicted octanol–water partition coefficient (Wildman–Crippen LogP) is 1.66. The van der Waals surface area contributed by atoms with Crippen molar-refractivity contribution in [3.05, 3.63) is 0 Å². The molecule has 0 amide bonds. The van der Waals surface area contributed by atoms with Crippen LogP contribution in [0.3, 0.4) is 0 Å². The van der Waals surface area contributed by atoms with Crippen LogP contribution in [-0.2, 0) is 9.47 Å². The molecule has 2 saturated heterocycles. The van der Waals surface area contributed by atoms with Gasteiger partial charge in [-0.15, -0.1) is 0 Å². The Labute approximate surface area is 117 Å². The Morgan fingerprint density at radius 1 is 1.21 bits per heavy atom. The Morgan fingerprint density at radius 3 is 2.42 bits per heavy atom. The molecule has 112 valence electrons. The first-order valence-electron chi connectivity index (χ1n) is 7.45. The SMILES string of the molecule is CN(C)C(C)(C)C(O)C1CCOC2(CCOCC2)C1. The van der Waals surface area contributed by atoms with Gasteiger partial charge in [0.2, 0.25) is 0 Å². The Kier molecular flexibility index (Phi) is 4.56. The number of aliphatic hydroxyl groups excluding tert-OH is 1. The molecular formula is C15H29NO3. The second-order valence-corrected chi connectivity index (χ2v) is 6.89. The number of aliphatic hydroxyl groups is 1. The minimum atomic E-state index is -0.314. The van der Waals surface area contributed by atoms with E-state index in [1.165, 1.54) is 0 Å². The van der Waals surface area contributed by atoms with Crippen molar-refractivity contribution in [3.8, 4) is 0 Å². The van der Waals surface area contributed by atoms with E-state index in [-0.39, 0.29) is 17.2 Å². The van der Waals surface area contributed by atoms with Gasteiger partial charge in [-0.25, -0.2) is 0 Å². The van der Waals surface area contributed by atoms with Crippen molar-refractivity contribution >= 4 is 0 Å². The van der Waals surface area contributed by atoms with E-state index >= 15 is 0 Å². The second kappa shape index (κ2) is 5.68. The van der Waals surface area contributed by atoms with Crippen molar-refractivity contribution in [1.82, 2.24) is 4.90 Å². The molecule has 19 heavy (non-hydrogen) atoms. The van der Waals surface area contributed by atoms with Gasteiger partial charge >= 0.3 is 0 Å². The average molecular weight is 271 g/mol. The van der Waals surface area contributed by atoms with Crippen molar-refractivity contribution in [2.45, 2.75) is 56.8 Å². The Balaban J connectivity index is 2.04. The number of likely N-dealkylation sites (N-methyl/N-ethyl adjacent to an activating group) is 1. The van der Waals surface area contributed by atoms with Crippen LogP contribution in [0.4, 0.5) is 0 Å². The molecule has 2 atom stereocenters. The number of hydrogen-bond donors (Lipinski definition) is 1. The molecule has 2 rings (SSSR count). The fraction of sp³-hybridized carbons (Fsp3) is 1.00. The minimum absolute atomic E-state index is 0.0372. The van der Waals surface area contributed by atoms with Gasteiger partial charge in [-0.3, -0.25) is 0 Å². The van der Waals surface area contributed by atoms with Gasteiger partial charge in [0.15, 0.2) is 0 Å². The predicted molar refractivity (Wildman–Crippen MR) is 75.2 cm³/mol. The summed E-state index contributed by atoms with van der Waals surface area (Å²) in [6.07, 6.45) is 3.55. The number of nitrogens with zero attached hydrogens (tertiary/aromatic N) is 1. The van der Waals surface area contributed by atoms with Gasteiger partial charge in [0.25, 0.3) is 0 Å². The molecule has 2 fully saturated rings. The molecule has 0 radical (unpaired) electrons. The quantitative estimate of drug-likeness (QED) is 0.848. The molecule has 0 aromatic carbocycles. The van der Waals surface area contributed by atoms with Gasteiger partial charge < -0.3 is 19.5 Å². The fourth-order valence-corrected chi connectivity index (χ4v) is 3.27. The maximum Gasteiger partial charge on any atom is 0.0748 e. The summed E-state index contributed by atoms with van der Waals surface area (Å²) in [7, 11) is 4.07. The molecule has 4 nitrogen and oxygen atoms in total. The second-order valence-electron chi connectivity index (χ2n) is 6.89. The molecule has 4 heteroatoms. The highest BCUT2D eigenvalue weighted by molar-refractivity contribution is 4.97. The normalized spacial score (nSPS) is 29.7. The molecule has 0 aromatic heterocycles. The third-order valence-corrected chi connectivity index (χ3v) is 5.26. The fourth-order valence-electron chi connectivity index (χ4n) is 3.27. The molecule has 1 N–H and O–H groups in total. The largest absolute Gasteiger partial charge is 0.391 e. The summed E-state index contributed by atoms with van der Waals surface area (Å²) in [5.74, 6) is 0.323. The van der Waals surface area contributed by atoms with Crippen molar-refractivity contribution in [2.75, 3.05) is 33.9 Å². The highest BCUT2D eigenvalue weighted by Crippen LogP contribution is 2.40. The van der Waals surface area contributed by atoms with E-state index in [1.54, 1.807) is 0 Å². The third-order valence-electron chi connectivity index (χ3n) is 5.26. The van der Waals surface area contributed by atoms with E-state index in [0.29, 0.717) is 5.92 Å². The summed E-state index contributed by atoms with van der Waals surface area (Å²) in [6.45, 7) is 6.58. The summed E-state index contributed by atoms with van der Waals surface area (Å²) in [5, 5.41) is 10.8. The van der Waals surface area contributed by atoms with Gasteiger partial charge in [0.1, 0.15) is 0 Å². The van der Waals surface area contributed by atoms with E-state index in [4.69, 9.17) is 9.47 Å². The van der Waals surface area contributed by atoms with Gasteiger partial charge in [-0.2, -0.15) is 0 Å². The standard InChI is InChI=1S/C15H29NO3/c1-14(2,16(3)4)13(17)12-5-8-19-15(11-12)6-9-18-10-7-15/h12-13,17H,5-11H2,1-4H3. The molecule has 0 bridgehead atoms. The lowest BCUT2D eigenvalue weighted by Crippen LogP contribution is -2.55. The maximum absolute atomic E-state index is 10.8.